The molecule has 0 unspecified atom stereocenters. The number of unbranched alkanes of at least 4 members (excludes halogenated alkanes) is 1. The van der Waals surface area contributed by atoms with Crippen molar-refractivity contribution < 1.29 is 9.52 Å². The third kappa shape index (κ3) is 4.00. The van der Waals surface area contributed by atoms with E-state index in [1.807, 2.05) is 19.1 Å². The van der Waals surface area contributed by atoms with Gasteiger partial charge in [0.2, 0.25) is 0 Å². The summed E-state index contributed by atoms with van der Waals surface area (Å²) in [6.07, 6.45) is 5.00. The van der Waals surface area contributed by atoms with Gasteiger partial charge in [-0.2, -0.15) is 0 Å². The van der Waals surface area contributed by atoms with Gasteiger partial charge in [0, 0.05) is 35.7 Å². The van der Waals surface area contributed by atoms with Crippen LogP contribution in [0.15, 0.2) is 27.4 Å². The first kappa shape index (κ1) is 17.5. The van der Waals surface area contributed by atoms with Crippen molar-refractivity contribution in [1.82, 2.24) is 4.90 Å². The van der Waals surface area contributed by atoms with Crippen LogP contribution in [0.1, 0.15) is 43.7 Å². The monoisotopic (exact) mass is 349 g/mol. The van der Waals surface area contributed by atoms with Crippen LogP contribution in [0, 0.1) is 0 Å². The molecule has 0 bridgehead atoms. The lowest BCUT2D eigenvalue weighted by molar-refractivity contribution is 0.229. The first-order valence-corrected chi connectivity index (χ1v) is 9.10. The van der Waals surface area contributed by atoms with Gasteiger partial charge in [-0.3, -0.25) is 4.90 Å². The molecule has 5 heteroatoms. The topological polar surface area (TPSA) is 53.7 Å². The van der Waals surface area contributed by atoms with E-state index in [0.717, 1.165) is 53.9 Å². The van der Waals surface area contributed by atoms with E-state index in [1.165, 1.54) is 12.8 Å². The Kier molecular flexibility index (Phi) is 5.59. The quantitative estimate of drug-likeness (QED) is 0.582. The molecule has 0 radical (unpaired) electrons. The lowest BCUT2D eigenvalue weighted by atomic mass is 10.1. The largest absolute Gasteiger partial charge is 0.423 e. The molecular weight excluding hydrogens is 326 g/mol. The van der Waals surface area contributed by atoms with Crippen LogP contribution in [-0.4, -0.2) is 29.2 Å². The van der Waals surface area contributed by atoms with Crippen molar-refractivity contribution >= 4 is 22.6 Å². The van der Waals surface area contributed by atoms with Crippen molar-refractivity contribution in [1.29, 1.82) is 0 Å². The van der Waals surface area contributed by atoms with E-state index in [-0.39, 0.29) is 12.2 Å². The predicted molar refractivity (Wildman–Crippen MR) is 96.6 cm³/mol. The first-order chi connectivity index (χ1) is 11.6. The van der Waals surface area contributed by atoms with Gasteiger partial charge in [-0.25, -0.2) is 4.79 Å². The number of aryl methyl sites for hydroxylation is 1. The van der Waals surface area contributed by atoms with Gasteiger partial charge in [0.25, 0.3) is 0 Å². The van der Waals surface area contributed by atoms with E-state index < -0.39 is 0 Å². The van der Waals surface area contributed by atoms with Crippen LogP contribution in [0.25, 0.3) is 11.0 Å². The van der Waals surface area contributed by atoms with Crippen molar-refractivity contribution in [3.05, 3.63) is 44.8 Å². The Bertz CT molecular complexity index is 767. The molecule has 3 rings (SSSR count). The Morgan fingerprint density at radius 3 is 2.71 bits per heavy atom. The summed E-state index contributed by atoms with van der Waals surface area (Å²) >= 11 is 6.37. The third-order valence-corrected chi connectivity index (χ3v) is 5.02. The molecule has 1 N–H and O–H groups in total. The Hall–Kier alpha value is -1.36. The second kappa shape index (κ2) is 7.68. The highest BCUT2D eigenvalue weighted by atomic mass is 35.5. The molecule has 4 nitrogen and oxygen atoms in total. The van der Waals surface area contributed by atoms with Gasteiger partial charge in [0.15, 0.2) is 0 Å². The molecule has 1 aliphatic rings. The summed E-state index contributed by atoms with van der Waals surface area (Å²) in [4.78, 5) is 14.4. The summed E-state index contributed by atoms with van der Waals surface area (Å²) < 4.78 is 5.39. The molecule has 130 valence electrons. The van der Waals surface area contributed by atoms with E-state index in [0.29, 0.717) is 11.6 Å². The summed E-state index contributed by atoms with van der Waals surface area (Å²) in [5.74, 6) is 0. The lowest BCUT2D eigenvalue weighted by Gasteiger charge is -2.22. The van der Waals surface area contributed by atoms with Crippen LogP contribution in [0.4, 0.5) is 0 Å². The maximum Gasteiger partial charge on any atom is 0.336 e. The average Bonchev–Trinajstić information content (AvgIpc) is 3.39. The van der Waals surface area contributed by atoms with Gasteiger partial charge in [-0.05, 0) is 61.9 Å². The number of hydrogen-bond donors (Lipinski definition) is 1. The summed E-state index contributed by atoms with van der Waals surface area (Å²) in [7, 11) is 0. The minimum absolute atomic E-state index is 0.228. The number of fused-ring (bicyclic) bond motifs is 1. The van der Waals surface area contributed by atoms with Crippen LogP contribution in [0.3, 0.4) is 0 Å². The molecular formula is C19H24ClNO3. The number of aliphatic hydroxyl groups is 1. The maximum atomic E-state index is 12.0. The summed E-state index contributed by atoms with van der Waals surface area (Å²) in [6, 6.07) is 5.99. The zero-order chi connectivity index (χ0) is 17.1. The minimum atomic E-state index is -0.312. The van der Waals surface area contributed by atoms with Crippen molar-refractivity contribution in [2.45, 2.75) is 51.6 Å². The average molecular weight is 350 g/mol. The Balaban J connectivity index is 1.92. The van der Waals surface area contributed by atoms with Gasteiger partial charge in [-0.1, -0.05) is 18.5 Å². The molecule has 1 aromatic carbocycles. The first-order valence-electron chi connectivity index (χ1n) is 8.72. The fourth-order valence-electron chi connectivity index (χ4n) is 3.17. The van der Waals surface area contributed by atoms with Crippen LogP contribution >= 0.6 is 11.6 Å². The smallest absolute Gasteiger partial charge is 0.336 e. The molecule has 1 aromatic heterocycles. The second-order valence-corrected chi connectivity index (χ2v) is 6.92. The molecule has 0 spiro atoms. The van der Waals surface area contributed by atoms with E-state index in [1.54, 1.807) is 6.07 Å². The molecule has 0 atom stereocenters. The number of rotatable bonds is 8. The zero-order valence-electron chi connectivity index (χ0n) is 14.1. The molecule has 1 aliphatic carbocycles. The van der Waals surface area contributed by atoms with E-state index >= 15 is 0 Å². The van der Waals surface area contributed by atoms with Gasteiger partial charge >= 0.3 is 5.63 Å². The van der Waals surface area contributed by atoms with Crippen molar-refractivity contribution in [2.24, 2.45) is 0 Å². The van der Waals surface area contributed by atoms with Crippen LogP contribution < -0.4 is 5.63 Å². The van der Waals surface area contributed by atoms with Gasteiger partial charge in [-0.15, -0.1) is 0 Å². The predicted octanol–water partition coefficient (Wildman–Crippen LogP) is 3.75. The molecule has 1 heterocycles. The van der Waals surface area contributed by atoms with E-state index in [2.05, 4.69) is 4.90 Å². The van der Waals surface area contributed by atoms with Crippen molar-refractivity contribution in [3.63, 3.8) is 0 Å². The molecule has 2 aromatic rings. The highest BCUT2D eigenvalue weighted by Crippen LogP contribution is 2.31. The molecule has 0 saturated heterocycles. The van der Waals surface area contributed by atoms with Crippen molar-refractivity contribution in [2.75, 3.05) is 13.2 Å². The standard InChI is InChI=1S/C19H24ClNO3/c1-2-13-9-18-16(11-17(13)20)14(10-19(23)24-18)12-21(15-5-6-15)7-3-4-8-22/h9-11,15,22H,2-8,12H2,1H3. The lowest BCUT2D eigenvalue weighted by Crippen LogP contribution is -2.27. The Labute approximate surface area is 147 Å². The molecule has 0 aliphatic heterocycles. The molecule has 1 fully saturated rings. The number of benzene rings is 1. The Morgan fingerprint density at radius 2 is 2.04 bits per heavy atom. The highest BCUT2D eigenvalue weighted by molar-refractivity contribution is 6.32. The summed E-state index contributed by atoms with van der Waals surface area (Å²) in [5.41, 5.74) is 2.27. The number of hydrogen-bond acceptors (Lipinski definition) is 4. The fraction of sp³-hybridized carbons (Fsp3) is 0.526. The fourth-order valence-corrected chi connectivity index (χ4v) is 3.46. The Morgan fingerprint density at radius 1 is 1.25 bits per heavy atom. The molecule has 1 saturated carbocycles. The number of aliphatic hydroxyl groups excluding tert-OH is 1. The minimum Gasteiger partial charge on any atom is -0.423 e. The maximum absolute atomic E-state index is 12.0. The second-order valence-electron chi connectivity index (χ2n) is 6.52. The van der Waals surface area contributed by atoms with Crippen molar-refractivity contribution in [3.8, 4) is 0 Å². The van der Waals surface area contributed by atoms with Gasteiger partial charge < -0.3 is 9.52 Å². The third-order valence-electron chi connectivity index (χ3n) is 4.67. The summed E-state index contributed by atoms with van der Waals surface area (Å²) in [5, 5.41) is 10.6. The van der Waals surface area contributed by atoms with Crippen LogP contribution in [-0.2, 0) is 13.0 Å². The number of nitrogens with zero attached hydrogens (tertiary/aromatic N) is 1. The van der Waals surface area contributed by atoms with E-state index in [4.69, 9.17) is 21.1 Å². The van der Waals surface area contributed by atoms with E-state index in [9.17, 15) is 4.79 Å². The molecule has 24 heavy (non-hydrogen) atoms. The SMILES string of the molecule is CCc1cc2oc(=O)cc(CN(CCCCO)C3CC3)c2cc1Cl. The zero-order valence-corrected chi connectivity index (χ0v) is 14.8. The normalized spacial score (nSPS) is 14.7. The number of halogens is 1. The van der Waals surface area contributed by atoms with Crippen LogP contribution in [0.2, 0.25) is 5.02 Å². The molecule has 0 amide bonds. The van der Waals surface area contributed by atoms with Gasteiger partial charge in [0.05, 0.1) is 0 Å². The van der Waals surface area contributed by atoms with Crippen LogP contribution in [0.5, 0.6) is 0 Å². The van der Waals surface area contributed by atoms with Gasteiger partial charge in [0.1, 0.15) is 5.58 Å². The highest BCUT2D eigenvalue weighted by Gasteiger charge is 2.29. The summed E-state index contributed by atoms with van der Waals surface area (Å²) in [6.45, 7) is 3.92.